The quantitative estimate of drug-likeness (QED) is 0.705. The molecule has 0 unspecified atom stereocenters. The molecule has 2 rings (SSSR count). The van der Waals surface area contributed by atoms with Gasteiger partial charge in [-0.2, -0.15) is 0 Å². The van der Waals surface area contributed by atoms with Crippen LogP contribution in [0.25, 0.3) is 0 Å². The van der Waals surface area contributed by atoms with E-state index in [-0.39, 0.29) is 5.97 Å². The lowest BCUT2D eigenvalue weighted by Crippen LogP contribution is -2.53. The largest absolute Gasteiger partial charge is 0.464 e. The molecule has 21 heavy (non-hydrogen) atoms. The molecule has 5 nitrogen and oxygen atoms in total. The van der Waals surface area contributed by atoms with Crippen LogP contribution < -0.4 is 0 Å². The van der Waals surface area contributed by atoms with Gasteiger partial charge in [0, 0.05) is 32.2 Å². The van der Waals surface area contributed by atoms with Crippen LogP contribution >= 0.6 is 0 Å². The summed E-state index contributed by atoms with van der Waals surface area (Å²) in [6.45, 7) is 11.7. The predicted molar refractivity (Wildman–Crippen MR) is 84.3 cm³/mol. The zero-order valence-corrected chi connectivity index (χ0v) is 13.9. The number of likely N-dealkylation sites (tertiary alicyclic amines) is 1. The van der Waals surface area contributed by atoms with Crippen molar-refractivity contribution in [2.75, 3.05) is 59.5 Å². The summed E-state index contributed by atoms with van der Waals surface area (Å²) in [4.78, 5) is 19.0. The fourth-order valence-electron chi connectivity index (χ4n) is 3.13. The van der Waals surface area contributed by atoms with E-state index in [2.05, 4.69) is 35.6 Å². The number of rotatable bonds is 5. The lowest BCUT2D eigenvalue weighted by molar-refractivity contribution is -0.146. The van der Waals surface area contributed by atoms with Gasteiger partial charge in [0.25, 0.3) is 0 Å². The normalized spacial score (nSPS) is 23.6. The maximum atomic E-state index is 11.8. The summed E-state index contributed by atoms with van der Waals surface area (Å²) in [5, 5.41) is 0. The minimum Gasteiger partial charge on any atom is -0.464 e. The third kappa shape index (κ3) is 5.57. The zero-order valence-electron chi connectivity index (χ0n) is 13.9. The third-order valence-corrected chi connectivity index (χ3v) is 4.54. The minimum absolute atomic E-state index is 0.0727. The van der Waals surface area contributed by atoms with Gasteiger partial charge in [-0.05, 0) is 38.9 Å². The molecule has 2 fully saturated rings. The van der Waals surface area contributed by atoms with Crippen LogP contribution in [-0.2, 0) is 9.53 Å². The van der Waals surface area contributed by atoms with E-state index < -0.39 is 0 Å². The molecule has 0 bridgehead atoms. The smallest absolute Gasteiger partial charge is 0.320 e. The van der Waals surface area contributed by atoms with Gasteiger partial charge in [0.05, 0.1) is 13.2 Å². The van der Waals surface area contributed by atoms with Crippen molar-refractivity contribution in [3.8, 4) is 0 Å². The molecule has 2 saturated heterocycles. The van der Waals surface area contributed by atoms with Crippen molar-refractivity contribution < 1.29 is 9.53 Å². The number of piperidine rings is 1. The number of piperazine rings is 1. The highest BCUT2D eigenvalue weighted by atomic mass is 16.5. The summed E-state index contributed by atoms with van der Waals surface area (Å²) in [6, 6.07) is 0.747. The van der Waals surface area contributed by atoms with Gasteiger partial charge < -0.3 is 9.64 Å². The first-order chi connectivity index (χ1) is 10.0. The molecule has 2 aliphatic heterocycles. The van der Waals surface area contributed by atoms with E-state index in [1.54, 1.807) is 0 Å². The van der Waals surface area contributed by atoms with Crippen molar-refractivity contribution in [1.82, 2.24) is 14.7 Å². The molecule has 2 heterocycles. The maximum Gasteiger partial charge on any atom is 0.320 e. The van der Waals surface area contributed by atoms with Crippen LogP contribution in [-0.4, -0.2) is 86.2 Å². The minimum atomic E-state index is -0.0727. The van der Waals surface area contributed by atoms with Crippen LogP contribution in [0.3, 0.4) is 0 Å². The van der Waals surface area contributed by atoms with Gasteiger partial charge in [-0.3, -0.25) is 14.6 Å². The van der Waals surface area contributed by atoms with Crippen molar-refractivity contribution in [2.24, 2.45) is 5.92 Å². The summed E-state index contributed by atoms with van der Waals surface area (Å²) >= 11 is 0. The molecule has 5 heteroatoms. The Balaban J connectivity index is 1.65. The molecule has 0 aromatic carbocycles. The van der Waals surface area contributed by atoms with Gasteiger partial charge in [-0.1, -0.05) is 13.8 Å². The number of esters is 1. The lowest BCUT2D eigenvalue weighted by Gasteiger charge is -2.42. The van der Waals surface area contributed by atoms with Crippen LogP contribution in [0.2, 0.25) is 0 Å². The zero-order chi connectivity index (χ0) is 15.2. The molecule has 122 valence electrons. The molecular weight excluding hydrogens is 266 g/mol. The van der Waals surface area contributed by atoms with Gasteiger partial charge in [0.1, 0.15) is 0 Å². The van der Waals surface area contributed by atoms with Crippen molar-refractivity contribution in [3.63, 3.8) is 0 Å². The molecule has 0 amide bonds. The van der Waals surface area contributed by atoms with E-state index in [1.807, 2.05) is 0 Å². The molecule has 0 aromatic heterocycles. The first kappa shape index (κ1) is 16.7. The van der Waals surface area contributed by atoms with Gasteiger partial charge in [0.2, 0.25) is 0 Å². The number of nitrogens with zero attached hydrogens (tertiary/aromatic N) is 3. The second-order valence-electron chi connectivity index (χ2n) is 6.92. The van der Waals surface area contributed by atoms with Crippen molar-refractivity contribution in [1.29, 1.82) is 0 Å². The highest BCUT2D eigenvalue weighted by Crippen LogP contribution is 2.17. The molecule has 0 atom stereocenters. The highest BCUT2D eigenvalue weighted by molar-refractivity contribution is 5.71. The Hall–Kier alpha value is -0.650. The number of carbonyl (C=O) groups is 1. The van der Waals surface area contributed by atoms with Crippen LogP contribution in [0.5, 0.6) is 0 Å². The van der Waals surface area contributed by atoms with E-state index in [0.717, 1.165) is 32.2 Å². The number of carbonyl (C=O) groups excluding carboxylic acids is 1. The Morgan fingerprint density at radius 1 is 1.10 bits per heavy atom. The summed E-state index contributed by atoms with van der Waals surface area (Å²) in [5.74, 6) is 0.340. The Morgan fingerprint density at radius 2 is 1.71 bits per heavy atom. The molecule has 2 aliphatic rings. The molecule has 0 spiro atoms. The van der Waals surface area contributed by atoms with E-state index in [1.165, 1.54) is 25.9 Å². The average Bonchev–Trinajstić information content (AvgIpc) is 2.47. The fraction of sp³-hybridized carbons (Fsp3) is 0.938. The summed E-state index contributed by atoms with van der Waals surface area (Å²) in [7, 11) is 2.21. The molecular formula is C16H31N3O2. The molecule has 0 N–H and O–H groups in total. The first-order valence-corrected chi connectivity index (χ1v) is 8.35. The monoisotopic (exact) mass is 297 g/mol. The third-order valence-electron chi connectivity index (χ3n) is 4.54. The lowest BCUT2D eigenvalue weighted by atomic mass is 10.0. The van der Waals surface area contributed by atoms with Gasteiger partial charge >= 0.3 is 5.97 Å². The SMILES string of the molecule is CC(C)COC(=O)CN1CCN(C2CCN(C)CC2)CC1. The van der Waals surface area contributed by atoms with Crippen molar-refractivity contribution in [3.05, 3.63) is 0 Å². The van der Waals surface area contributed by atoms with Gasteiger partial charge in [-0.25, -0.2) is 0 Å². The van der Waals surface area contributed by atoms with Crippen LogP contribution in [0.1, 0.15) is 26.7 Å². The Labute approximate surface area is 129 Å². The average molecular weight is 297 g/mol. The van der Waals surface area contributed by atoms with E-state index in [0.29, 0.717) is 19.1 Å². The fourth-order valence-corrected chi connectivity index (χ4v) is 3.13. The van der Waals surface area contributed by atoms with E-state index in [4.69, 9.17) is 4.74 Å². The van der Waals surface area contributed by atoms with Crippen molar-refractivity contribution in [2.45, 2.75) is 32.7 Å². The van der Waals surface area contributed by atoms with E-state index >= 15 is 0 Å². The number of hydrogen-bond donors (Lipinski definition) is 0. The van der Waals surface area contributed by atoms with Crippen molar-refractivity contribution >= 4 is 5.97 Å². The second-order valence-corrected chi connectivity index (χ2v) is 6.92. The molecule has 0 saturated carbocycles. The highest BCUT2D eigenvalue weighted by Gasteiger charge is 2.27. The number of hydrogen-bond acceptors (Lipinski definition) is 5. The molecule has 0 radical (unpaired) electrons. The van der Waals surface area contributed by atoms with Gasteiger partial charge in [0.15, 0.2) is 0 Å². The summed E-state index contributed by atoms with van der Waals surface area (Å²) < 4.78 is 5.26. The molecule has 0 aromatic rings. The summed E-state index contributed by atoms with van der Waals surface area (Å²) in [6.07, 6.45) is 2.57. The van der Waals surface area contributed by atoms with Crippen LogP contribution in [0, 0.1) is 5.92 Å². The standard InChI is InChI=1S/C16H31N3O2/c1-14(2)13-21-16(20)12-18-8-10-19(11-9-18)15-4-6-17(3)7-5-15/h14-15H,4-13H2,1-3H3. The summed E-state index contributed by atoms with van der Waals surface area (Å²) in [5.41, 5.74) is 0. The Bertz CT molecular complexity index is 319. The van der Waals surface area contributed by atoms with Crippen LogP contribution in [0.15, 0.2) is 0 Å². The predicted octanol–water partition coefficient (Wildman–Crippen LogP) is 0.897. The Morgan fingerprint density at radius 3 is 2.29 bits per heavy atom. The van der Waals surface area contributed by atoms with Crippen LogP contribution in [0.4, 0.5) is 0 Å². The Kier molecular flexibility index (Phi) is 6.45. The topological polar surface area (TPSA) is 36.0 Å². The first-order valence-electron chi connectivity index (χ1n) is 8.35. The van der Waals surface area contributed by atoms with E-state index in [9.17, 15) is 4.79 Å². The number of ether oxygens (including phenoxy) is 1. The van der Waals surface area contributed by atoms with Gasteiger partial charge in [-0.15, -0.1) is 0 Å². The maximum absolute atomic E-state index is 11.8. The second kappa shape index (κ2) is 8.11. The molecule has 0 aliphatic carbocycles.